The smallest absolute Gasteiger partial charge is 0.0380 e. The molecule has 1 aromatic carbocycles. The molecule has 0 saturated carbocycles. The highest BCUT2D eigenvalue weighted by Gasteiger charge is 2.22. The van der Waals surface area contributed by atoms with Crippen LogP contribution in [0.25, 0.3) is 0 Å². The summed E-state index contributed by atoms with van der Waals surface area (Å²) in [4.78, 5) is 2.61. The standard InChI is InChI=1S/C18H29BrN2/c1-3-7-16-8-5-6-11-21(16)17-10-9-14(18(19)13-17)12-15(20)4-2/h9-10,13,15-16H,3-8,11-12,20H2,1-2H3. The van der Waals surface area contributed by atoms with Gasteiger partial charge in [0.1, 0.15) is 0 Å². The van der Waals surface area contributed by atoms with E-state index in [1.54, 1.807) is 0 Å². The number of hydrogen-bond donors (Lipinski definition) is 1. The summed E-state index contributed by atoms with van der Waals surface area (Å²) >= 11 is 3.75. The van der Waals surface area contributed by atoms with E-state index < -0.39 is 0 Å². The van der Waals surface area contributed by atoms with Gasteiger partial charge in [0.05, 0.1) is 0 Å². The van der Waals surface area contributed by atoms with Crippen molar-refractivity contribution in [3.05, 3.63) is 28.2 Å². The van der Waals surface area contributed by atoms with Crippen LogP contribution in [0.2, 0.25) is 0 Å². The molecule has 21 heavy (non-hydrogen) atoms. The molecule has 2 atom stereocenters. The fraction of sp³-hybridized carbons (Fsp3) is 0.667. The second-order valence-electron chi connectivity index (χ2n) is 6.28. The molecule has 2 nitrogen and oxygen atoms in total. The second-order valence-corrected chi connectivity index (χ2v) is 7.13. The van der Waals surface area contributed by atoms with Crippen LogP contribution in [0.3, 0.4) is 0 Å². The number of piperidine rings is 1. The molecular formula is C18H29BrN2. The number of nitrogens with zero attached hydrogens (tertiary/aromatic N) is 1. The van der Waals surface area contributed by atoms with E-state index in [9.17, 15) is 0 Å². The summed E-state index contributed by atoms with van der Waals surface area (Å²) < 4.78 is 1.21. The van der Waals surface area contributed by atoms with Crippen LogP contribution in [0.1, 0.15) is 57.9 Å². The average molecular weight is 353 g/mol. The summed E-state index contributed by atoms with van der Waals surface area (Å²) in [6.45, 7) is 5.64. The molecular weight excluding hydrogens is 324 g/mol. The number of halogens is 1. The highest BCUT2D eigenvalue weighted by molar-refractivity contribution is 9.10. The third kappa shape index (κ3) is 4.46. The molecule has 2 unspecified atom stereocenters. The van der Waals surface area contributed by atoms with Gasteiger partial charge in [-0.2, -0.15) is 0 Å². The first-order chi connectivity index (χ1) is 10.2. The van der Waals surface area contributed by atoms with E-state index in [-0.39, 0.29) is 6.04 Å². The minimum atomic E-state index is 0.259. The summed E-state index contributed by atoms with van der Waals surface area (Å²) in [6.07, 6.45) is 8.60. The van der Waals surface area contributed by atoms with Gasteiger partial charge in [0.2, 0.25) is 0 Å². The van der Waals surface area contributed by atoms with E-state index >= 15 is 0 Å². The molecule has 1 heterocycles. The van der Waals surface area contributed by atoms with Gasteiger partial charge >= 0.3 is 0 Å². The molecule has 0 spiro atoms. The third-order valence-electron chi connectivity index (χ3n) is 4.62. The van der Waals surface area contributed by atoms with Crippen molar-refractivity contribution in [3.63, 3.8) is 0 Å². The van der Waals surface area contributed by atoms with Crippen LogP contribution in [-0.2, 0) is 6.42 Å². The number of nitrogens with two attached hydrogens (primary N) is 1. The Labute approximate surface area is 138 Å². The predicted octanol–water partition coefficient (Wildman–Crippen LogP) is 4.89. The molecule has 1 aliphatic heterocycles. The Morgan fingerprint density at radius 3 is 2.81 bits per heavy atom. The van der Waals surface area contributed by atoms with Gasteiger partial charge in [0, 0.05) is 28.8 Å². The largest absolute Gasteiger partial charge is 0.369 e. The van der Waals surface area contributed by atoms with E-state index in [1.807, 2.05) is 0 Å². The van der Waals surface area contributed by atoms with Crippen LogP contribution < -0.4 is 10.6 Å². The van der Waals surface area contributed by atoms with Gasteiger partial charge in [-0.05, 0) is 56.2 Å². The number of benzene rings is 1. The Kier molecular flexibility index (Phi) is 6.56. The van der Waals surface area contributed by atoms with Gasteiger partial charge in [-0.3, -0.25) is 0 Å². The SMILES string of the molecule is CCCC1CCCCN1c1ccc(CC(N)CC)c(Br)c1. The number of anilines is 1. The quantitative estimate of drug-likeness (QED) is 0.789. The summed E-state index contributed by atoms with van der Waals surface area (Å²) in [5, 5.41) is 0. The van der Waals surface area contributed by atoms with Gasteiger partial charge in [-0.1, -0.05) is 42.3 Å². The van der Waals surface area contributed by atoms with Crippen molar-refractivity contribution >= 4 is 21.6 Å². The van der Waals surface area contributed by atoms with Crippen LogP contribution in [0.4, 0.5) is 5.69 Å². The molecule has 1 saturated heterocycles. The maximum absolute atomic E-state index is 6.09. The summed E-state index contributed by atoms with van der Waals surface area (Å²) in [6, 6.07) is 7.82. The summed E-state index contributed by atoms with van der Waals surface area (Å²) in [5.74, 6) is 0. The molecule has 0 bridgehead atoms. The Bertz CT molecular complexity index is 445. The van der Waals surface area contributed by atoms with Gasteiger partial charge in [-0.25, -0.2) is 0 Å². The molecule has 0 aromatic heterocycles. The van der Waals surface area contributed by atoms with Crippen molar-refractivity contribution < 1.29 is 0 Å². The molecule has 118 valence electrons. The first-order valence-corrected chi connectivity index (χ1v) is 9.25. The molecule has 1 aromatic rings. The van der Waals surface area contributed by atoms with Crippen LogP contribution >= 0.6 is 15.9 Å². The maximum atomic E-state index is 6.09. The monoisotopic (exact) mass is 352 g/mol. The zero-order valence-corrected chi connectivity index (χ0v) is 15.0. The fourth-order valence-electron chi connectivity index (χ4n) is 3.28. The minimum absolute atomic E-state index is 0.259. The molecule has 3 heteroatoms. The van der Waals surface area contributed by atoms with Gasteiger partial charge in [0.25, 0.3) is 0 Å². The van der Waals surface area contributed by atoms with Crippen molar-refractivity contribution in [3.8, 4) is 0 Å². The van der Waals surface area contributed by atoms with Crippen LogP contribution in [0.15, 0.2) is 22.7 Å². The normalized spacial score (nSPS) is 20.6. The highest BCUT2D eigenvalue weighted by atomic mass is 79.9. The van der Waals surface area contributed by atoms with E-state index in [0.717, 1.165) is 18.9 Å². The van der Waals surface area contributed by atoms with E-state index in [4.69, 9.17) is 5.73 Å². The van der Waals surface area contributed by atoms with Crippen LogP contribution in [0.5, 0.6) is 0 Å². The lowest BCUT2D eigenvalue weighted by Gasteiger charge is -2.38. The Morgan fingerprint density at radius 1 is 1.33 bits per heavy atom. The van der Waals surface area contributed by atoms with Gasteiger partial charge < -0.3 is 10.6 Å². The molecule has 1 aliphatic rings. The lowest BCUT2D eigenvalue weighted by Crippen LogP contribution is -2.39. The Morgan fingerprint density at radius 2 is 2.14 bits per heavy atom. The molecule has 2 rings (SSSR count). The van der Waals surface area contributed by atoms with Crippen molar-refractivity contribution in [2.75, 3.05) is 11.4 Å². The van der Waals surface area contributed by atoms with Crippen LogP contribution in [0, 0.1) is 0 Å². The third-order valence-corrected chi connectivity index (χ3v) is 5.36. The van der Waals surface area contributed by atoms with E-state index in [0.29, 0.717) is 0 Å². The number of hydrogen-bond acceptors (Lipinski definition) is 2. The molecule has 2 N–H and O–H groups in total. The highest BCUT2D eigenvalue weighted by Crippen LogP contribution is 2.31. The van der Waals surface area contributed by atoms with Crippen LogP contribution in [-0.4, -0.2) is 18.6 Å². The van der Waals surface area contributed by atoms with Gasteiger partial charge in [-0.15, -0.1) is 0 Å². The second kappa shape index (κ2) is 8.19. The fourth-order valence-corrected chi connectivity index (χ4v) is 3.81. The first kappa shape index (κ1) is 16.8. The first-order valence-electron chi connectivity index (χ1n) is 8.46. The van der Waals surface area contributed by atoms with E-state index in [2.05, 4.69) is 52.9 Å². The zero-order chi connectivity index (χ0) is 15.2. The molecule has 0 aliphatic carbocycles. The Hall–Kier alpha value is -0.540. The lowest BCUT2D eigenvalue weighted by atomic mass is 9.97. The number of rotatable bonds is 6. The molecule has 0 radical (unpaired) electrons. The van der Waals surface area contributed by atoms with Crippen molar-refractivity contribution in [1.29, 1.82) is 0 Å². The topological polar surface area (TPSA) is 29.3 Å². The molecule has 1 fully saturated rings. The Balaban J connectivity index is 2.14. The summed E-state index contributed by atoms with van der Waals surface area (Å²) in [7, 11) is 0. The maximum Gasteiger partial charge on any atom is 0.0380 e. The summed E-state index contributed by atoms with van der Waals surface area (Å²) in [5.41, 5.74) is 8.79. The minimum Gasteiger partial charge on any atom is -0.369 e. The van der Waals surface area contributed by atoms with Gasteiger partial charge in [0.15, 0.2) is 0 Å². The zero-order valence-electron chi connectivity index (χ0n) is 13.4. The van der Waals surface area contributed by atoms with Crippen molar-refractivity contribution in [1.82, 2.24) is 0 Å². The average Bonchev–Trinajstić information content (AvgIpc) is 2.50. The van der Waals surface area contributed by atoms with Crippen molar-refractivity contribution in [2.24, 2.45) is 5.73 Å². The van der Waals surface area contributed by atoms with Crippen molar-refractivity contribution in [2.45, 2.75) is 70.9 Å². The predicted molar refractivity (Wildman–Crippen MR) is 96.0 cm³/mol. The molecule has 0 amide bonds. The lowest BCUT2D eigenvalue weighted by molar-refractivity contribution is 0.434. The van der Waals surface area contributed by atoms with E-state index in [1.165, 1.54) is 54.4 Å².